The van der Waals surface area contributed by atoms with Crippen molar-refractivity contribution >= 4 is 109 Å². The Morgan fingerprint density at radius 1 is 0.553 bits per heavy atom. The minimum absolute atomic E-state index is 0.00910. The first-order valence-corrected chi connectivity index (χ1v) is 37.9. The maximum Gasteiger partial charge on any atom is 0.416 e. The molecule has 18 rings (SSSR count). The smallest absolute Gasteiger partial charge is 0.416 e. The Hall–Kier alpha value is -12.7. The third kappa shape index (κ3) is 16.1. The van der Waals surface area contributed by atoms with Gasteiger partial charge < -0.3 is 69.0 Å². The van der Waals surface area contributed by atoms with Gasteiger partial charge in [-0.15, -0.1) is 0 Å². The predicted molar refractivity (Wildman–Crippen MR) is 418 cm³/mol. The summed E-state index contributed by atoms with van der Waals surface area (Å²) in [4.78, 5) is 121. The second-order valence-corrected chi connectivity index (χ2v) is 28.8. The number of alkyl halides is 3. The second kappa shape index (κ2) is 32.9. The normalized spacial score (nSPS) is 16.3. The van der Waals surface area contributed by atoms with E-state index in [1.807, 2.05) is 74.4 Å². The van der Waals surface area contributed by atoms with E-state index in [1.54, 1.807) is 54.6 Å². The highest BCUT2D eigenvalue weighted by Gasteiger charge is 2.44. The lowest BCUT2D eigenvalue weighted by Crippen LogP contribution is -2.46. The number of fused-ring (bicyclic) bond motifs is 2. The molecule has 3 unspecified atom stereocenters. The molecule has 3 atom stereocenters. The Morgan fingerprint density at radius 3 is 1.59 bits per heavy atom. The van der Waals surface area contributed by atoms with Gasteiger partial charge in [0.1, 0.15) is 35.8 Å². The highest BCUT2D eigenvalue weighted by Crippen LogP contribution is 2.40. The van der Waals surface area contributed by atoms with E-state index in [2.05, 4.69) is 97.1 Å². The summed E-state index contributed by atoms with van der Waals surface area (Å²) in [6, 6.07) is 47.0. The number of carbonyl (C=O) groups excluding carboxylic acids is 8. The Balaban J connectivity index is 0.000000120. The number of aromatic nitrogens is 8. The van der Waals surface area contributed by atoms with E-state index in [0.29, 0.717) is 116 Å². The van der Waals surface area contributed by atoms with Gasteiger partial charge in [0.05, 0.1) is 97.7 Å². The summed E-state index contributed by atoms with van der Waals surface area (Å²) < 4.78 is 62.6. The molecule has 12 aromatic rings. The van der Waals surface area contributed by atoms with Gasteiger partial charge in [0.15, 0.2) is 11.6 Å². The maximum absolute atomic E-state index is 13.1. The van der Waals surface area contributed by atoms with Crippen LogP contribution in [0.2, 0.25) is 5.02 Å². The van der Waals surface area contributed by atoms with Crippen molar-refractivity contribution in [2.75, 3.05) is 64.9 Å². The Morgan fingerprint density at radius 2 is 1.06 bits per heavy atom. The Bertz CT molecular complexity index is 5750. The van der Waals surface area contributed by atoms with Crippen LogP contribution in [-0.2, 0) is 86.8 Å². The van der Waals surface area contributed by atoms with Crippen molar-refractivity contribution in [2.45, 2.75) is 102 Å². The minimum Gasteiger partial charge on any atom is -0.468 e. The molecule has 0 radical (unpaired) electrons. The summed E-state index contributed by atoms with van der Waals surface area (Å²) in [5, 5.41) is 17.0. The van der Waals surface area contributed by atoms with Gasteiger partial charge in [-0.2, -0.15) is 13.2 Å². The highest BCUT2D eigenvalue weighted by atomic mass is 35.5. The van der Waals surface area contributed by atoms with Gasteiger partial charge >= 0.3 is 18.1 Å². The summed E-state index contributed by atoms with van der Waals surface area (Å²) in [7, 11) is 2.58. The number of benzene rings is 7. The molecule has 11 heterocycles. The van der Waals surface area contributed by atoms with Gasteiger partial charge in [0.2, 0.25) is 11.8 Å². The van der Waals surface area contributed by atoms with Crippen LogP contribution in [0.3, 0.4) is 0 Å². The molecule has 7 aromatic carbocycles. The molecular formula is C83H80ClF3N16O11. The molecule has 0 spiro atoms. The third-order valence-corrected chi connectivity index (χ3v) is 21.4. The number of hydrogen-bond donors (Lipinski definition) is 6. The highest BCUT2D eigenvalue weighted by molar-refractivity contribution is 6.33. The van der Waals surface area contributed by atoms with E-state index in [1.165, 1.54) is 38.0 Å². The molecule has 27 nitrogen and oxygen atoms in total. The molecule has 2 fully saturated rings. The van der Waals surface area contributed by atoms with E-state index in [4.69, 9.17) is 25.7 Å². The molecular weight excluding hydrogens is 1490 g/mol. The largest absolute Gasteiger partial charge is 0.468 e. The molecule has 586 valence electrons. The molecule has 6 amide bonds. The number of nitrogens with zero attached hydrogens (tertiary/aromatic N) is 10. The molecule has 6 aliphatic rings. The average molecular weight is 1570 g/mol. The number of amides is 6. The first-order valence-electron chi connectivity index (χ1n) is 37.5. The number of halogens is 4. The van der Waals surface area contributed by atoms with Gasteiger partial charge in [-0.05, 0) is 115 Å². The number of carbonyl (C=O) groups is 8. The SMILES string of the molecule is COC(=O)C(Cc1ccccc1)NC(=O)CCc1nc2cccc3c2n1CCNC3=O.COC(=O)CNC(=O)CCc1nc2cccc3c2n1CCNC3=O.Cc1cccc(N2CC3CC2CN3Cc2nc3cccc4c3n2CCNC4=O)c1.O=C1NCCn2c(-c3ccc(-c4cc(C(F)(F)F)ccc4Cl)o3)nc3cccc1c32. The first kappa shape index (κ1) is 76.7. The number of para-hydroxylation sites is 4. The van der Waals surface area contributed by atoms with Gasteiger partial charge in [-0.25, -0.2) is 24.7 Å². The van der Waals surface area contributed by atoms with Crippen LogP contribution in [0.15, 0.2) is 162 Å². The van der Waals surface area contributed by atoms with Crippen LogP contribution in [-0.4, -0.2) is 169 Å². The van der Waals surface area contributed by atoms with Gasteiger partial charge in [0.25, 0.3) is 23.6 Å². The van der Waals surface area contributed by atoms with Crippen LogP contribution in [0.5, 0.6) is 0 Å². The van der Waals surface area contributed by atoms with Crippen LogP contribution in [0.1, 0.15) is 94.9 Å². The van der Waals surface area contributed by atoms with E-state index < -0.39 is 29.7 Å². The van der Waals surface area contributed by atoms with Crippen LogP contribution < -0.4 is 36.8 Å². The lowest BCUT2D eigenvalue weighted by Gasteiger charge is -2.35. The number of aryl methyl sites for hydroxylation is 3. The fourth-order valence-corrected chi connectivity index (χ4v) is 15.9. The van der Waals surface area contributed by atoms with E-state index in [9.17, 15) is 51.5 Å². The number of rotatable bonds is 17. The Kier molecular flexibility index (Phi) is 22.1. The number of likely N-dealkylation sites (tertiary alicyclic amines) is 1. The van der Waals surface area contributed by atoms with Crippen molar-refractivity contribution in [1.82, 2.24) is 75.0 Å². The summed E-state index contributed by atoms with van der Waals surface area (Å²) in [6.07, 6.45) is -1.72. The quantitative estimate of drug-likeness (QED) is 0.0462. The summed E-state index contributed by atoms with van der Waals surface area (Å²) >= 11 is 6.13. The van der Waals surface area contributed by atoms with Crippen molar-refractivity contribution in [1.29, 1.82) is 0 Å². The molecule has 2 saturated heterocycles. The number of nitrogens with one attached hydrogen (secondary N) is 6. The van der Waals surface area contributed by atoms with Gasteiger partial charge in [0, 0.05) is 121 Å². The fourth-order valence-electron chi connectivity index (χ4n) is 15.7. The molecule has 2 bridgehead atoms. The summed E-state index contributed by atoms with van der Waals surface area (Å²) in [5.41, 5.74) is 11.7. The Labute approximate surface area is 655 Å². The zero-order valence-electron chi connectivity index (χ0n) is 62.4. The average Bonchev–Trinajstić information content (AvgIpc) is 1.67. The number of methoxy groups -OCH3 is 2. The zero-order chi connectivity index (χ0) is 79.5. The first-order chi connectivity index (χ1) is 55.2. The van der Waals surface area contributed by atoms with Crippen LogP contribution in [0.25, 0.3) is 67.0 Å². The summed E-state index contributed by atoms with van der Waals surface area (Å²) in [6.45, 7) is 9.58. The fraction of sp³-hybridized carbons (Fsp3) is 0.301. The van der Waals surface area contributed by atoms with E-state index in [-0.39, 0.29) is 71.2 Å². The third-order valence-electron chi connectivity index (χ3n) is 21.1. The number of piperazine rings is 1. The van der Waals surface area contributed by atoms with E-state index in [0.717, 1.165) is 100 Å². The van der Waals surface area contributed by atoms with Crippen LogP contribution >= 0.6 is 11.6 Å². The zero-order valence-corrected chi connectivity index (χ0v) is 63.2. The van der Waals surface area contributed by atoms with Gasteiger partial charge in [-0.3, -0.25) is 38.5 Å². The van der Waals surface area contributed by atoms with E-state index >= 15 is 0 Å². The lowest BCUT2D eigenvalue weighted by atomic mass is 10.1. The molecule has 31 heteroatoms. The standard InChI is InChI=1S/C23H25N5O.C23H24N4O4.C21H13ClF3N3O2.C16H18N4O4/c1-15-4-2-5-16(10-15)28-13-17-11-18(28)12-26(17)14-21-25-20-7-3-6-19-22(20)27(21)9-8-24-23(19)29;1-31-23(30)18(14-15-6-3-2-4-7-15)26-20(28)11-10-19-25-17-9-5-8-16-21(17)27(19)13-12-24-22(16)29;22-14-5-4-11(21(23,24)25)10-13(14)16-6-7-17(30-16)19-27-15-3-1-2-12-18(15)28(19)9-8-26-20(12)29;1-24-14(22)9-18-13(21)6-5-12-19-11-4-2-3-10-15(11)20(12)8-7-17-16(10)23/h2-7,10,17-18H,8-9,11-14H2,1H3,(H,24,29);2-9,18H,10-14H2,1H3,(H,24,29)(H,26,28);1-7,10H,8-9H2,(H,26,29);2-4H,5-9H2,1H3,(H,17,23)(H,18,21). The van der Waals surface area contributed by atoms with Gasteiger partial charge in [-0.1, -0.05) is 78.3 Å². The minimum atomic E-state index is -4.49. The van der Waals surface area contributed by atoms with Crippen LogP contribution in [0.4, 0.5) is 18.9 Å². The lowest BCUT2D eigenvalue weighted by molar-refractivity contribution is -0.145. The maximum atomic E-state index is 13.1. The van der Waals surface area contributed by atoms with Crippen molar-refractivity contribution in [3.05, 3.63) is 219 Å². The number of hydrogen-bond acceptors (Lipinski definition) is 17. The predicted octanol–water partition coefficient (Wildman–Crippen LogP) is 9.54. The summed E-state index contributed by atoms with van der Waals surface area (Å²) in [5.74, 6) is 1.76. The monoisotopic (exact) mass is 1570 g/mol. The van der Waals surface area contributed by atoms with Crippen molar-refractivity contribution < 1.29 is 65.4 Å². The van der Waals surface area contributed by atoms with Crippen LogP contribution in [0, 0.1) is 6.92 Å². The van der Waals surface area contributed by atoms with Crippen molar-refractivity contribution in [3.8, 4) is 22.9 Å². The molecule has 0 aliphatic carbocycles. The van der Waals surface area contributed by atoms with Crippen molar-refractivity contribution in [2.24, 2.45) is 0 Å². The number of ether oxygens (including phenoxy) is 2. The molecule has 6 N–H and O–H groups in total. The number of esters is 2. The molecule has 6 aliphatic heterocycles. The molecule has 0 saturated carbocycles. The van der Waals surface area contributed by atoms with Crippen molar-refractivity contribution in [3.63, 3.8) is 0 Å². The molecule has 114 heavy (non-hydrogen) atoms. The number of imidazole rings is 4. The topological polar surface area (TPSA) is 318 Å². The molecule has 5 aromatic heterocycles. The number of anilines is 1. The number of furan rings is 1. The second-order valence-electron chi connectivity index (χ2n) is 28.3.